The number of amides is 1. The summed E-state index contributed by atoms with van der Waals surface area (Å²) in [6.07, 6.45) is 1.72. The van der Waals surface area contributed by atoms with Gasteiger partial charge in [-0.2, -0.15) is 0 Å². The zero-order valence-electron chi connectivity index (χ0n) is 9.08. The molecule has 1 rings (SSSR count). The fourth-order valence-electron chi connectivity index (χ4n) is 1.83. The molecule has 4 heteroatoms. The molecule has 1 aliphatic rings. The third-order valence-corrected chi connectivity index (χ3v) is 2.47. The molecule has 14 heavy (non-hydrogen) atoms. The Hall–Kier alpha value is -0.610. The van der Waals surface area contributed by atoms with Crippen molar-refractivity contribution in [1.29, 1.82) is 0 Å². The Labute approximate surface area is 85.6 Å². The van der Waals surface area contributed by atoms with Gasteiger partial charge in [-0.25, -0.2) is 0 Å². The van der Waals surface area contributed by atoms with Crippen LogP contribution in [0.5, 0.6) is 0 Å². The average Bonchev–Trinajstić information content (AvgIpc) is 2.53. The van der Waals surface area contributed by atoms with Gasteiger partial charge < -0.3 is 15.0 Å². The van der Waals surface area contributed by atoms with Gasteiger partial charge >= 0.3 is 0 Å². The minimum Gasteiger partial charge on any atom is -0.383 e. The Morgan fingerprint density at radius 2 is 2.43 bits per heavy atom. The molecular formula is C10H20N2O2. The Bertz CT molecular complexity index is 179. The number of ether oxygens (including phenoxy) is 1. The van der Waals surface area contributed by atoms with E-state index in [2.05, 4.69) is 12.2 Å². The zero-order chi connectivity index (χ0) is 10.4. The van der Waals surface area contributed by atoms with Crippen LogP contribution in [0.15, 0.2) is 0 Å². The van der Waals surface area contributed by atoms with E-state index in [0.29, 0.717) is 13.0 Å². The topological polar surface area (TPSA) is 41.6 Å². The summed E-state index contributed by atoms with van der Waals surface area (Å²) in [5, 5.41) is 3.31. The van der Waals surface area contributed by atoms with Crippen LogP contribution in [0.4, 0.5) is 0 Å². The van der Waals surface area contributed by atoms with E-state index < -0.39 is 0 Å². The lowest BCUT2D eigenvalue weighted by Crippen LogP contribution is -2.44. The number of carbonyl (C=O) groups is 1. The van der Waals surface area contributed by atoms with E-state index in [1.54, 1.807) is 7.11 Å². The standard InChI is InChI=1S/C10H20N2O2/c1-3-11-9(8-14-2)7-12-6-4-5-10(12)13/h9,11H,3-8H2,1-2H3. The van der Waals surface area contributed by atoms with Gasteiger partial charge in [-0.1, -0.05) is 6.92 Å². The van der Waals surface area contributed by atoms with Crippen LogP contribution in [0.25, 0.3) is 0 Å². The van der Waals surface area contributed by atoms with Crippen LogP contribution in [0.1, 0.15) is 19.8 Å². The molecule has 0 saturated carbocycles. The summed E-state index contributed by atoms with van der Waals surface area (Å²) in [7, 11) is 1.69. The number of hydrogen-bond acceptors (Lipinski definition) is 3. The van der Waals surface area contributed by atoms with Crippen molar-refractivity contribution in [2.75, 3.05) is 33.4 Å². The molecule has 1 amide bonds. The monoisotopic (exact) mass is 200 g/mol. The lowest BCUT2D eigenvalue weighted by atomic mass is 10.3. The first-order chi connectivity index (χ1) is 6.77. The van der Waals surface area contributed by atoms with Crippen molar-refractivity contribution >= 4 is 5.91 Å². The van der Waals surface area contributed by atoms with Crippen molar-refractivity contribution in [2.24, 2.45) is 0 Å². The SMILES string of the molecule is CCNC(COC)CN1CCCC1=O. The number of likely N-dealkylation sites (N-methyl/N-ethyl adjacent to an activating group) is 1. The second kappa shape index (κ2) is 5.98. The second-order valence-corrected chi connectivity index (χ2v) is 3.65. The quantitative estimate of drug-likeness (QED) is 0.667. The zero-order valence-corrected chi connectivity index (χ0v) is 9.08. The first-order valence-electron chi connectivity index (χ1n) is 5.28. The van der Waals surface area contributed by atoms with E-state index in [4.69, 9.17) is 4.74 Å². The minimum absolute atomic E-state index is 0.270. The van der Waals surface area contributed by atoms with Crippen LogP contribution in [0.2, 0.25) is 0 Å². The highest BCUT2D eigenvalue weighted by atomic mass is 16.5. The molecule has 1 saturated heterocycles. The summed E-state index contributed by atoms with van der Waals surface area (Å²) < 4.78 is 5.10. The van der Waals surface area contributed by atoms with Crippen molar-refractivity contribution in [3.05, 3.63) is 0 Å². The molecule has 1 N–H and O–H groups in total. The Kier molecular flexibility index (Phi) is 4.90. The molecule has 1 heterocycles. The Balaban J connectivity index is 2.33. The van der Waals surface area contributed by atoms with Crippen molar-refractivity contribution in [3.63, 3.8) is 0 Å². The van der Waals surface area contributed by atoms with Gasteiger partial charge in [-0.3, -0.25) is 4.79 Å². The fraction of sp³-hybridized carbons (Fsp3) is 0.900. The summed E-state index contributed by atoms with van der Waals surface area (Å²) >= 11 is 0. The highest BCUT2D eigenvalue weighted by molar-refractivity contribution is 5.78. The van der Waals surface area contributed by atoms with Crippen molar-refractivity contribution in [3.8, 4) is 0 Å². The largest absolute Gasteiger partial charge is 0.383 e. The summed E-state index contributed by atoms with van der Waals surface area (Å²) in [4.78, 5) is 13.3. The molecule has 0 radical (unpaired) electrons. The van der Waals surface area contributed by atoms with Gasteiger partial charge in [-0.15, -0.1) is 0 Å². The highest BCUT2D eigenvalue weighted by Gasteiger charge is 2.22. The first-order valence-corrected chi connectivity index (χ1v) is 5.28. The van der Waals surface area contributed by atoms with Gasteiger partial charge in [0.25, 0.3) is 0 Å². The fourth-order valence-corrected chi connectivity index (χ4v) is 1.83. The number of likely N-dealkylation sites (tertiary alicyclic amines) is 1. The van der Waals surface area contributed by atoms with Crippen LogP contribution < -0.4 is 5.32 Å². The summed E-state index contributed by atoms with van der Waals surface area (Å²) in [5.41, 5.74) is 0. The van der Waals surface area contributed by atoms with Gasteiger partial charge in [0.1, 0.15) is 0 Å². The van der Waals surface area contributed by atoms with Crippen LogP contribution in [-0.2, 0) is 9.53 Å². The molecule has 1 unspecified atom stereocenters. The molecule has 0 aromatic rings. The molecule has 1 atom stereocenters. The maximum atomic E-state index is 11.4. The third-order valence-electron chi connectivity index (χ3n) is 2.47. The van der Waals surface area contributed by atoms with Crippen molar-refractivity contribution in [1.82, 2.24) is 10.2 Å². The van der Waals surface area contributed by atoms with E-state index in [1.165, 1.54) is 0 Å². The molecule has 0 aromatic heterocycles. The molecule has 0 spiro atoms. The summed E-state index contributed by atoms with van der Waals surface area (Å²) in [6, 6.07) is 0.270. The van der Waals surface area contributed by atoms with Gasteiger partial charge in [0.15, 0.2) is 0 Å². The minimum atomic E-state index is 0.270. The Morgan fingerprint density at radius 3 is 2.93 bits per heavy atom. The molecule has 0 aromatic carbocycles. The molecular weight excluding hydrogens is 180 g/mol. The average molecular weight is 200 g/mol. The maximum Gasteiger partial charge on any atom is 0.222 e. The number of rotatable bonds is 6. The van der Waals surface area contributed by atoms with E-state index >= 15 is 0 Å². The number of methoxy groups -OCH3 is 1. The molecule has 1 fully saturated rings. The van der Waals surface area contributed by atoms with Crippen LogP contribution in [-0.4, -0.2) is 50.2 Å². The van der Waals surface area contributed by atoms with Crippen molar-refractivity contribution < 1.29 is 9.53 Å². The number of nitrogens with one attached hydrogen (secondary N) is 1. The molecule has 4 nitrogen and oxygen atoms in total. The Morgan fingerprint density at radius 1 is 1.64 bits per heavy atom. The molecule has 1 aliphatic heterocycles. The summed E-state index contributed by atoms with van der Waals surface area (Å²) in [5.74, 6) is 0.281. The van der Waals surface area contributed by atoms with E-state index in [-0.39, 0.29) is 11.9 Å². The number of hydrogen-bond donors (Lipinski definition) is 1. The lowest BCUT2D eigenvalue weighted by molar-refractivity contribution is -0.128. The molecule has 0 bridgehead atoms. The highest BCUT2D eigenvalue weighted by Crippen LogP contribution is 2.09. The predicted molar refractivity (Wildman–Crippen MR) is 55.2 cm³/mol. The van der Waals surface area contributed by atoms with Crippen LogP contribution in [0.3, 0.4) is 0 Å². The van der Waals surface area contributed by atoms with E-state index in [1.807, 2.05) is 4.90 Å². The van der Waals surface area contributed by atoms with Crippen LogP contribution >= 0.6 is 0 Å². The van der Waals surface area contributed by atoms with Gasteiger partial charge in [0.05, 0.1) is 6.61 Å². The van der Waals surface area contributed by atoms with Crippen LogP contribution in [0, 0.1) is 0 Å². The number of nitrogens with zero attached hydrogens (tertiary/aromatic N) is 1. The number of carbonyl (C=O) groups excluding carboxylic acids is 1. The van der Waals surface area contributed by atoms with E-state index in [0.717, 1.165) is 26.1 Å². The van der Waals surface area contributed by atoms with Gasteiger partial charge in [-0.05, 0) is 13.0 Å². The predicted octanol–water partition coefficient (Wildman–Crippen LogP) is 0.233. The van der Waals surface area contributed by atoms with Gasteiger partial charge in [0, 0.05) is 32.7 Å². The van der Waals surface area contributed by atoms with Crippen molar-refractivity contribution in [2.45, 2.75) is 25.8 Å². The van der Waals surface area contributed by atoms with E-state index in [9.17, 15) is 4.79 Å². The third kappa shape index (κ3) is 3.27. The maximum absolute atomic E-state index is 11.4. The second-order valence-electron chi connectivity index (χ2n) is 3.65. The normalized spacial score (nSPS) is 19.0. The smallest absolute Gasteiger partial charge is 0.222 e. The summed E-state index contributed by atoms with van der Waals surface area (Å²) in [6.45, 7) is 5.33. The molecule has 0 aliphatic carbocycles. The van der Waals surface area contributed by atoms with Gasteiger partial charge in [0.2, 0.25) is 5.91 Å². The molecule has 82 valence electrons. The first kappa shape index (κ1) is 11.5. The lowest BCUT2D eigenvalue weighted by Gasteiger charge is -2.23.